The molecule has 1 heterocycles. The van der Waals surface area contributed by atoms with Crippen molar-refractivity contribution < 1.29 is 14.6 Å². The van der Waals surface area contributed by atoms with Crippen molar-refractivity contribution in [1.29, 1.82) is 0 Å². The third-order valence-electron chi connectivity index (χ3n) is 3.22. The molecule has 0 aliphatic carbocycles. The van der Waals surface area contributed by atoms with Gasteiger partial charge in [0.2, 0.25) is 0 Å². The van der Waals surface area contributed by atoms with Crippen LogP contribution in [0.1, 0.15) is 25.8 Å². The average molecular weight is 300 g/mol. The second kappa shape index (κ2) is 6.66. The first-order chi connectivity index (χ1) is 9.52. The Bertz CT molecular complexity index is 463. The largest absolute Gasteiger partial charge is 0.489 e. The van der Waals surface area contributed by atoms with Gasteiger partial charge in [0.05, 0.1) is 18.2 Å². The first-order valence-corrected chi connectivity index (χ1v) is 7.29. The second-order valence-electron chi connectivity index (χ2n) is 5.88. The van der Waals surface area contributed by atoms with Gasteiger partial charge in [-0.1, -0.05) is 25.4 Å². The molecule has 0 radical (unpaired) electrons. The van der Waals surface area contributed by atoms with Gasteiger partial charge in [0.1, 0.15) is 0 Å². The molecule has 0 aromatic heterocycles. The number of halogens is 1. The lowest BCUT2D eigenvalue weighted by atomic mass is 9.95. The number of ether oxygens (including phenoxy) is 2. The summed E-state index contributed by atoms with van der Waals surface area (Å²) in [5.41, 5.74) is 0.919. The standard InChI is InChI=1S/C15H22ClNO3/c1-15(2,10-18)9-17-8-11-6-12(16)14-13(7-11)19-4-3-5-20-14/h6-7,17-18H,3-5,8-10H2,1-2H3. The van der Waals surface area contributed by atoms with Crippen LogP contribution in [0.4, 0.5) is 0 Å². The number of aliphatic hydroxyl groups is 1. The van der Waals surface area contributed by atoms with E-state index in [4.69, 9.17) is 21.1 Å². The van der Waals surface area contributed by atoms with Crippen LogP contribution in [0.2, 0.25) is 5.02 Å². The van der Waals surface area contributed by atoms with E-state index in [1.54, 1.807) is 0 Å². The van der Waals surface area contributed by atoms with Gasteiger partial charge < -0.3 is 19.9 Å². The summed E-state index contributed by atoms with van der Waals surface area (Å²) in [6, 6.07) is 3.86. The average Bonchev–Trinajstić information content (AvgIpc) is 2.64. The van der Waals surface area contributed by atoms with E-state index >= 15 is 0 Å². The molecule has 0 atom stereocenters. The van der Waals surface area contributed by atoms with Crippen LogP contribution < -0.4 is 14.8 Å². The maximum atomic E-state index is 9.23. The fourth-order valence-electron chi connectivity index (χ4n) is 1.99. The maximum Gasteiger partial charge on any atom is 0.179 e. The van der Waals surface area contributed by atoms with Crippen LogP contribution in [0, 0.1) is 5.41 Å². The van der Waals surface area contributed by atoms with Gasteiger partial charge in [-0.3, -0.25) is 0 Å². The summed E-state index contributed by atoms with van der Waals surface area (Å²) < 4.78 is 11.3. The molecule has 0 saturated heterocycles. The van der Waals surface area contributed by atoms with Gasteiger partial charge in [0.15, 0.2) is 11.5 Å². The summed E-state index contributed by atoms with van der Waals surface area (Å²) in [6.07, 6.45) is 0.864. The van der Waals surface area contributed by atoms with E-state index in [1.165, 1.54) is 0 Å². The van der Waals surface area contributed by atoms with E-state index in [0.717, 1.165) is 18.5 Å². The highest BCUT2D eigenvalue weighted by atomic mass is 35.5. The monoisotopic (exact) mass is 299 g/mol. The van der Waals surface area contributed by atoms with Gasteiger partial charge in [-0.2, -0.15) is 0 Å². The van der Waals surface area contributed by atoms with Crippen molar-refractivity contribution >= 4 is 11.6 Å². The molecule has 1 aromatic carbocycles. The smallest absolute Gasteiger partial charge is 0.179 e. The minimum Gasteiger partial charge on any atom is -0.489 e. The predicted molar refractivity (Wildman–Crippen MR) is 79.6 cm³/mol. The molecule has 1 aliphatic rings. The van der Waals surface area contributed by atoms with Crippen LogP contribution in [0.3, 0.4) is 0 Å². The molecule has 0 unspecified atom stereocenters. The van der Waals surface area contributed by atoms with Gasteiger partial charge in [-0.15, -0.1) is 0 Å². The summed E-state index contributed by atoms with van der Waals surface area (Å²) in [6.45, 7) is 6.88. The van der Waals surface area contributed by atoms with Crippen molar-refractivity contribution in [2.75, 3.05) is 26.4 Å². The fraction of sp³-hybridized carbons (Fsp3) is 0.600. The summed E-state index contributed by atoms with van der Waals surface area (Å²) in [4.78, 5) is 0. The van der Waals surface area contributed by atoms with Crippen molar-refractivity contribution in [2.24, 2.45) is 5.41 Å². The highest BCUT2D eigenvalue weighted by Gasteiger charge is 2.17. The first kappa shape index (κ1) is 15.4. The number of nitrogens with one attached hydrogen (secondary N) is 1. The van der Waals surface area contributed by atoms with E-state index in [0.29, 0.717) is 36.3 Å². The Morgan fingerprint density at radius 2 is 2.05 bits per heavy atom. The first-order valence-electron chi connectivity index (χ1n) is 6.91. The van der Waals surface area contributed by atoms with Crippen molar-refractivity contribution in [1.82, 2.24) is 5.32 Å². The Kier molecular flexibility index (Phi) is 5.13. The zero-order chi connectivity index (χ0) is 14.6. The molecule has 112 valence electrons. The Hall–Kier alpha value is -0.970. The van der Waals surface area contributed by atoms with Crippen molar-refractivity contribution in [3.05, 3.63) is 22.7 Å². The van der Waals surface area contributed by atoms with Crippen molar-refractivity contribution in [2.45, 2.75) is 26.8 Å². The van der Waals surface area contributed by atoms with E-state index in [-0.39, 0.29) is 12.0 Å². The van der Waals surface area contributed by atoms with Gasteiger partial charge in [0, 0.05) is 31.5 Å². The third kappa shape index (κ3) is 4.01. The summed E-state index contributed by atoms with van der Waals surface area (Å²) >= 11 is 6.24. The maximum absolute atomic E-state index is 9.23. The highest BCUT2D eigenvalue weighted by Crippen LogP contribution is 2.37. The Morgan fingerprint density at radius 1 is 1.30 bits per heavy atom. The number of aliphatic hydroxyl groups excluding tert-OH is 1. The Labute approximate surface area is 125 Å². The number of fused-ring (bicyclic) bond motifs is 1. The summed E-state index contributed by atoms with van der Waals surface area (Å²) in [5, 5.41) is 13.1. The molecular formula is C15H22ClNO3. The van der Waals surface area contributed by atoms with Crippen LogP contribution in [-0.4, -0.2) is 31.5 Å². The third-order valence-corrected chi connectivity index (χ3v) is 3.50. The topological polar surface area (TPSA) is 50.7 Å². The minimum absolute atomic E-state index is 0.130. The quantitative estimate of drug-likeness (QED) is 0.877. The SMILES string of the molecule is CC(C)(CO)CNCc1cc(Cl)c2c(c1)OCCCO2. The number of hydrogen-bond donors (Lipinski definition) is 2. The van der Waals surface area contributed by atoms with Crippen LogP contribution >= 0.6 is 11.6 Å². The number of benzene rings is 1. The van der Waals surface area contributed by atoms with E-state index < -0.39 is 0 Å². The molecule has 1 aromatic rings. The highest BCUT2D eigenvalue weighted by molar-refractivity contribution is 6.32. The van der Waals surface area contributed by atoms with Crippen LogP contribution in [0.5, 0.6) is 11.5 Å². The second-order valence-corrected chi connectivity index (χ2v) is 6.29. The molecule has 0 bridgehead atoms. The molecule has 2 rings (SSSR count). The van der Waals surface area contributed by atoms with Gasteiger partial charge >= 0.3 is 0 Å². The Morgan fingerprint density at radius 3 is 2.80 bits per heavy atom. The molecule has 0 saturated carbocycles. The van der Waals surface area contributed by atoms with E-state index in [1.807, 2.05) is 26.0 Å². The van der Waals surface area contributed by atoms with E-state index in [9.17, 15) is 5.11 Å². The molecule has 1 aliphatic heterocycles. The molecule has 20 heavy (non-hydrogen) atoms. The van der Waals surface area contributed by atoms with Crippen LogP contribution in [0.15, 0.2) is 12.1 Å². The lowest BCUT2D eigenvalue weighted by Crippen LogP contribution is -2.31. The minimum atomic E-state index is -0.130. The van der Waals surface area contributed by atoms with Gasteiger partial charge in [-0.25, -0.2) is 0 Å². The molecule has 2 N–H and O–H groups in total. The zero-order valence-corrected chi connectivity index (χ0v) is 12.8. The predicted octanol–water partition coefficient (Wildman–Crippen LogP) is 2.61. The molecular weight excluding hydrogens is 278 g/mol. The summed E-state index contributed by atoms with van der Waals surface area (Å²) in [5.74, 6) is 1.36. The fourth-order valence-corrected chi connectivity index (χ4v) is 2.28. The molecule has 0 spiro atoms. The lowest BCUT2D eigenvalue weighted by molar-refractivity contribution is 0.156. The van der Waals surface area contributed by atoms with Gasteiger partial charge in [0.25, 0.3) is 0 Å². The lowest BCUT2D eigenvalue weighted by Gasteiger charge is -2.22. The molecule has 4 nitrogen and oxygen atoms in total. The van der Waals surface area contributed by atoms with Crippen molar-refractivity contribution in [3.8, 4) is 11.5 Å². The van der Waals surface area contributed by atoms with Crippen LogP contribution in [-0.2, 0) is 6.54 Å². The molecule has 0 fully saturated rings. The molecule has 5 heteroatoms. The van der Waals surface area contributed by atoms with Crippen molar-refractivity contribution in [3.63, 3.8) is 0 Å². The number of rotatable bonds is 5. The van der Waals surface area contributed by atoms with E-state index in [2.05, 4.69) is 5.32 Å². The zero-order valence-electron chi connectivity index (χ0n) is 12.0. The van der Waals surface area contributed by atoms with Gasteiger partial charge in [-0.05, 0) is 17.7 Å². The Balaban J connectivity index is 2.02. The molecule has 0 amide bonds. The van der Waals surface area contributed by atoms with Crippen LogP contribution in [0.25, 0.3) is 0 Å². The summed E-state index contributed by atoms with van der Waals surface area (Å²) in [7, 11) is 0. The normalized spacial score (nSPS) is 15.0. The number of hydrogen-bond acceptors (Lipinski definition) is 4.